The summed E-state index contributed by atoms with van der Waals surface area (Å²) in [6.45, 7) is 3.38. The van der Waals surface area contributed by atoms with Gasteiger partial charge < -0.3 is 15.5 Å². The van der Waals surface area contributed by atoms with E-state index in [0.29, 0.717) is 19.6 Å². The quantitative estimate of drug-likeness (QED) is 0.911. The van der Waals surface area contributed by atoms with Gasteiger partial charge in [-0.2, -0.15) is 0 Å². The minimum absolute atomic E-state index is 0.137. The van der Waals surface area contributed by atoms with Gasteiger partial charge in [0.2, 0.25) is 5.91 Å². The van der Waals surface area contributed by atoms with Crippen molar-refractivity contribution in [2.45, 2.75) is 19.5 Å². The monoisotopic (exact) mass is 323 g/mol. The molecule has 0 saturated carbocycles. The van der Waals surface area contributed by atoms with Crippen LogP contribution in [0, 0.1) is 6.92 Å². The minimum Gasteiger partial charge on any atom is -0.352 e. The Bertz CT molecular complexity index is 730. The van der Waals surface area contributed by atoms with Crippen LogP contribution in [0.2, 0.25) is 0 Å². The molecule has 1 aliphatic rings. The van der Waals surface area contributed by atoms with E-state index in [2.05, 4.69) is 10.6 Å². The lowest BCUT2D eigenvalue weighted by Crippen LogP contribution is -2.54. The predicted molar refractivity (Wildman–Crippen MR) is 92.3 cm³/mol. The molecule has 5 nitrogen and oxygen atoms in total. The number of rotatable bonds is 3. The Morgan fingerprint density at radius 2 is 2.00 bits per heavy atom. The van der Waals surface area contributed by atoms with E-state index >= 15 is 0 Å². The lowest BCUT2D eigenvalue weighted by atomic mass is 10.0. The van der Waals surface area contributed by atoms with Crippen molar-refractivity contribution in [1.29, 1.82) is 0 Å². The summed E-state index contributed by atoms with van der Waals surface area (Å²) in [7, 11) is 0. The molecular formula is C19H21N3O2. The zero-order valence-electron chi connectivity index (χ0n) is 13.7. The van der Waals surface area contributed by atoms with Gasteiger partial charge in [0.25, 0.3) is 0 Å². The fourth-order valence-corrected chi connectivity index (χ4v) is 2.93. The molecule has 0 aliphatic carbocycles. The zero-order chi connectivity index (χ0) is 16.9. The fraction of sp³-hybridized carbons (Fsp3) is 0.263. The summed E-state index contributed by atoms with van der Waals surface area (Å²) >= 11 is 0. The summed E-state index contributed by atoms with van der Waals surface area (Å²) in [6, 6.07) is 16.6. The Hall–Kier alpha value is -2.82. The second kappa shape index (κ2) is 7.17. The summed E-state index contributed by atoms with van der Waals surface area (Å²) in [4.78, 5) is 26.6. The number of carbonyl (C=O) groups excluding carboxylic acids is 2. The van der Waals surface area contributed by atoms with Gasteiger partial charge in [0, 0.05) is 19.6 Å². The van der Waals surface area contributed by atoms with E-state index in [9.17, 15) is 9.59 Å². The third-order valence-corrected chi connectivity index (χ3v) is 4.12. The Labute approximate surface area is 141 Å². The molecule has 1 saturated heterocycles. The van der Waals surface area contributed by atoms with Gasteiger partial charge in [0.05, 0.1) is 0 Å². The van der Waals surface area contributed by atoms with E-state index in [1.807, 2.05) is 61.5 Å². The maximum Gasteiger partial charge on any atom is 0.318 e. The Balaban J connectivity index is 1.76. The molecule has 1 heterocycles. The molecule has 0 aromatic heterocycles. The third-order valence-electron chi connectivity index (χ3n) is 4.12. The van der Waals surface area contributed by atoms with Gasteiger partial charge in [-0.15, -0.1) is 0 Å². The fourth-order valence-electron chi connectivity index (χ4n) is 2.93. The number of carbonyl (C=O) groups is 2. The van der Waals surface area contributed by atoms with Crippen LogP contribution in [0.25, 0.3) is 0 Å². The highest BCUT2D eigenvalue weighted by Gasteiger charge is 2.34. The normalized spacial score (nSPS) is 17.3. The number of urea groups is 1. The largest absolute Gasteiger partial charge is 0.352 e. The Kier molecular flexibility index (Phi) is 4.79. The molecule has 24 heavy (non-hydrogen) atoms. The molecule has 1 atom stereocenters. The summed E-state index contributed by atoms with van der Waals surface area (Å²) < 4.78 is 0. The van der Waals surface area contributed by atoms with Crippen molar-refractivity contribution in [2.24, 2.45) is 0 Å². The number of piperazine rings is 1. The van der Waals surface area contributed by atoms with Gasteiger partial charge in [-0.05, 0) is 18.1 Å². The number of hydrogen-bond acceptors (Lipinski definition) is 2. The molecule has 0 spiro atoms. The highest BCUT2D eigenvalue weighted by atomic mass is 16.2. The van der Waals surface area contributed by atoms with E-state index in [4.69, 9.17) is 0 Å². The van der Waals surface area contributed by atoms with E-state index in [1.54, 1.807) is 4.90 Å². The second-order valence-corrected chi connectivity index (χ2v) is 5.95. The molecule has 5 heteroatoms. The molecule has 2 N–H and O–H groups in total. The van der Waals surface area contributed by atoms with Gasteiger partial charge in [-0.3, -0.25) is 4.79 Å². The van der Waals surface area contributed by atoms with E-state index < -0.39 is 6.04 Å². The van der Waals surface area contributed by atoms with Gasteiger partial charge in [0.15, 0.2) is 0 Å². The van der Waals surface area contributed by atoms with Gasteiger partial charge in [-0.25, -0.2) is 4.79 Å². The first kappa shape index (κ1) is 16.1. The molecular weight excluding hydrogens is 302 g/mol. The van der Waals surface area contributed by atoms with Crippen molar-refractivity contribution in [3.05, 3.63) is 71.3 Å². The first-order chi connectivity index (χ1) is 11.6. The van der Waals surface area contributed by atoms with Crippen molar-refractivity contribution < 1.29 is 9.59 Å². The highest BCUT2D eigenvalue weighted by molar-refractivity contribution is 5.89. The molecule has 0 bridgehead atoms. The number of hydrogen-bond donors (Lipinski definition) is 2. The van der Waals surface area contributed by atoms with Crippen LogP contribution in [0.4, 0.5) is 4.79 Å². The number of benzene rings is 2. The topological polar surface area (TPSA) is 61.4 Å². The Morgan fingerprint density at radius 3 is 2.75 bits per heavy atom. The first-order valence-corrected chi connectivity index (χ1v) is 8.08. The van der Waals surface area contributed by atoms with E-state index in [-0.39, 0.29) is 11.9 Å². The van der Waals surface area contributed by atoms with Gasteiger partial charge in [0.1, 0.15) is 6.04 Å². The van der Waals surface area contributed by atoms with Crippen LogP contribution in [0.5, 0.6) is 0 Å². The van der Waals surface area contributed by atoms with Crippen LogP contribution in [-0.4, -0.2) is 29.9 Å². The predicted octanol–water partition coefficient (Wildman–Crippen LogP) is 2.38. The summed E-state index contributed by atoms with van der Waals surface area (Å²) in [5, 5.41) is 5.76. The maximum atomic E-state index is 12.6. The van der Waals surface area contributed by atoms with Crippen molar-refractivity contribution in [1.82, 2.24) is 15.5 Å². The van der Waals surface area contributed by atoms with Crippen LogP contribution in [-0.2, 0) is 11.3 Å². The van der Waals surface area contributed by atoms with Crippen molar-refractivity contribution in [3.63, 3.8) is 0 Å². The number of aryl methyl sites for hydroxylation is 1. The highest BCUT2D eigenvalue weighted by Crippen LogP contribution is 2.24. The average Bonchev–Trinajstić information content (AvgIpc) is 2.60. The van der Waals surface area contributed by atoms with Crippen LogP contribution < -0.4 is 10.6 Å². The molecule has 124 valence electrons. The molecule has 0 radical (unpaired) electrons. The van der Waals surface area contributed by atoms with Crippen LogP contribution >= 0.6 is 0 Å². The second-order valence-electron chi connectivity index (χ2n) is 5.95. The lowest BCUT2D eigenvalue weighted by molar-refractivity contribution is -0.127. The summed E-state index contributed by atoms with van der Waals surface area (Å²) in [5.41, 5.74) is 2.93. The van der Waals surface area contributed by atoms with Crippen LogP contribution in [0.15, 0.2) is 54.6 Å². The summed E-state index contributed by atoms with van der Waals surface area (Å²) in [5.74, 6) is -0.137. The minimum atomic E-state index is -0.588. The number of amides is 3. The van der Waals surface area contributed by atoms with Crippen molar-refractivity contribution in [3.8, 4) is 0 Å². The third kappa shape index (κ3) is 3.56. The van der Waals surface area contributed by atoms with Gasteiger partial charge in [-0.1, -0.05) is 60.2 Å². The van der Waals surface area contributed by atoms with Crippen LogP contribution in [0.3, 0.4) is 0 Å². The standard InChI is InChI=1S/C19H21N3O2/c1-14-6-5-9-16(12-14)17-18(23)20-10-11-22(17)19(24)21-13-15-7-3-2-4-8-15/h2-9,12,17H,10-11,13H2,1H3,(H,20,23)(H,21,24). The maximum absolute atomic E-state index is 12.6. The lowest BCUT2D eigenvalue weighted by Gasteiger charge is -2.35. The van der Waals surface area contributed by atoms with E-state index in [1.165, 1.54) is 0 Å². The Morgan fingerprint density at radius 1 is 1.21 bits per heavy atom. The molecule has 1 aliphatic heterocycles. The number of nitrogens with one attached hydrogen (secondary N) is 2. The molecule has 1 fully saturated rings. The summed E-state index contributed by atoms with van der Waals surface area (Å²) in [6.07, 6.45) is 0. The van der Waals surface area contributed by atoms with Crippen LogP contribution in [0.1, 0.15) is 22.7 Å². The molecule has 3 amide bonds. The first-order valence-electron chi connectivity index (χ1n) is 8.08. The van der Waals surface area contributed by atoms with Crippen molar-refractivity contribution >= 4 is 11.9 Å². The smallest absolute Gasteiger partial charge is 0.318 e. The number of nitrogens with zero attached hydrogens (tertiary/aromatic N) is 1. The molecule has 3 rings (SSSR count). The van der Waals surface area contributed by atoms with Gasteiger partial charge >= 0.3 is 6.03 Å². The average molecular weight is 323 g/mol. The van der Waals surface area contributed by atoms with E-state index in [0.717, 1.165) is 16.7 Å². The molecule has 2 aromatic carbocycles. The van der Waals surface area contributed by atoms with Crippen molar-refractivity contribution in [2.75, 3.05) is 13.1 Å². The SMILES string of the molecule is Cc1cccc(C2C(=O)NCCN2C(=O)NCc2ccccc2)c1. The zero-order valence-corrected chi connectivity index (χ0v) is 13.7. The molecule has 2 aromatic rings. The molecule has 1 unspecified atom stereocenters.